The topological polar surface area (TPSA) is 104 Å². The third kappa shape index (κ3) is 3.85. The number of carbonyl (C=O) groups excluding carboxylic acids is 2. The Morgan fingerprint density at radius 2 is 1.91 bits per heavy atom. The van der Waals surface area contributed by atoms with Gasteiger partial charge in [-0.2, -0.15) is 0 Å². The number of esters is 1. The van der Waals surface area contributed by atoms with Crippen LogP contribution in [0.5, 0.6) is 11.5 Å². The third-order valence-corrected chi connectivity index (χ3v) is 3.44. The minimum atomic E-state index is -0.841. The summed E-state index contributed by atoms with van der Waals surface area (Å²) in [6.45, 7) is 1.71. The molecule has 6 heteroatoms. The number of carbonyl (C=O) groups is 2. The number of phenols is 2. The predicted molar refractivity (Wildman–Crippen MR) is 77.7 cm³/mol. The number of allylic oxidation sites excluding steroid dienone is 1. The number of fused-ring (bicyclic) bond motifs is 1. The molecule has 0 saturated heterocycles. The van der Waals surface area contributed by atoms with E-state index >= 15 is 0 Å². The highest BCUT2D eigenvalue weighted by atomic mass is 16.5. The van der Waals surface area contributed by atoms with Crippen molar-refractivity contribution in [2.24, 2.45) is 0 Å². The van der Waals surface area contributed by atoms with Crippen LogP contribution in [0.2, 0.25) is 0 Å². The number of hydrogen-bond acceptors (Lipinski definition) is 6. The zero-order valence-corrected chi connectivity index (χ0v) is 12.2. The maximum absolute atomic E-state index is 12.2. The average Bonchev–Trinajstić information content (AvgIpc) is 2.40. The summed E-state index contributed by atoms with van der Waals surface area (Å²) in [5.74, 6) is -1.78. The monoisotopic (exact) mass is 306 g/mol. The molecule has 6 nitrogen and oxygen atoms in total. The van der Waals surface area contributed by atoms with E-state index in [9.17, 15) is 24.9 Å². The van der Waals surface area contributed by atoms with Gasteiger partial charge in [-0.05, 0) is 37.5 Å². The van der Waals surface area contributed by atoms with Gasteiger partial charge in [0.05, 0.1) is 24.2 Å². The van der Waals surface area contributed by atoms with E-state index in [0.717, 1.165) is 12.1 Å². The molecule has 1 aromatic carbocycles. The van der Waals surface area contributed by atoms with Crippen molar-refractivity contribution in [1.82, 2.24) is 0 Å². The normalized spacial score (nSPS) is 24.6. The van der Waals surface area contributed by atoms with Crippen molar-refractivity contribution < 1.29 is 29.6 Å². The summed E-state index contributed by atoms with van der Waals surface area (Å²) in [5, 5.41) is 29.2. The van der Waals surface area contributed by atoms with Crippen LogP contribution in [0.3, 0.4) is 0 Å². The number of ether oxygens (including phenoxy) is 1. The van der Waals surface area contributed by atoms with Gasteiger partial charge in [0.2, 0.25) is 0 Å². The molecular weight excluding hydrogens is 288 g/mol. The zero-order valence-electron chi connectivity index (χ0n) is 12.2. The summed E-state index contributed by atoms with van der Waals surface area (Å²) < 4.78 is 5.19. The molecule has 0 radical (unpaired) electrons. The number of aromatic hydroxyl groups is 2. The number of benzene rings is 1. The Kier molecular flexibility index (Phi) is 4.82. The molecule has 1 aromatic rings. The molecule has 0 aromatic heterocycles. The molecule has 2 rings (SSSR count). The van der Waals surface area contributed by atoms with Gasteiger partial charge in [-0.1, -0.05) is 6.08 Å². The first-order valence-corrected chi connectivity index (χ1v) is 7.01. The number of hydrogen-bond donors (Lipinski definition) is 3. The Hall–Kier alpha value is -2.34. The summed E-state index contributed by atoms with van der Waals surface area (Å²) in [6.07, 6.45) is 1.87. The molecule has 118 valence electrons. The van der Waals surface area contributed by atoms with E-state index in [2.05, 4.69) is 0 Å². The molecule has 0 spiro atoms. The lowest BCUT2D eigenvalue weighted by Crippen LogP contribution is -2.20. The fraction of sp³-hybridized carbons (Fsp3) is 0.375. The maximum atomic E-state index is 12.2. The molecule has 1 unspecified atom stereocenters. The SMILES string of the molecule is C[C@@H]1CCC(O)/C=C/C(=O)c2c(O)cc(O)cc2CC(=O)O1. The molecule has 22 heavy (non-hydrogen) atoms. The van der Waals surface area contributed by atoms with Gasteiger partial charge in [-0.3, -0.25) is 9.59 Å². The predicted octanol–water partition coefficient (Wildman–Crippen LogP) is 1.47. The molecule has 1 heterocycles. The average molecular weight is 306 g/mol. The molecule has 0 amide bonds. The van der Waals surface area contributed by atoms with Gasteiger partial charge in [-0.25, -0.2) is 0 Å². The Balaban J connectivity index is 2.46. The van der Waals surface area contributed by atoms with E-state index < -0.39 is 23.6 Å². The van der Waals surface area contributed by atoms with Crippen LogP contribution in [0.4, 0.5) is 0 Å². The smallest absolute Gasteiger partial charge is 0.310 e. The summed E-state index contributed by atoms with van der Waals surface area (Å²) in [5.41, 5.74) is 0.103. The van der Waals surface area contributed by atoms with Gasteiger partial charge in [0.25, 0.3) is 0 Å². The van der Waals surface area contributed by atoms with Crippen LogP contribution in [0.25, 0.3) is 0 Å². The molecule has 3 N–H and O–H groups in total. The third-order valence-electron chi connectivity index (χ3n) is 3.44. The standard InChI is InChI=1S/C16H18O6/c1-9-2-3-11(17)4-5-13(19)16-10(7-15(21)22-9)6-12(18)8-14(16)20/h4-6,8-9,11,17-18,20H,2-3,7H2,1H3/b5-4+/t9-,11?/m1/s1. The quantitative estimate of drug-likeness (QED) is 0.627. The Morgan fingerprint density at radius 1 is 1.18 bits per heavy atom. The molecule has 1 aliphatic heterocycles. The minimum Gasteiger partial charge on any atom is -0.508 e. The number of cyclic esters (lactones) is 1. The number of phenolic OH excluding ortho intramolecular Hbond substituents is 2. The van der Waals surface area contributed by atoms with E-state index in [4.69, 9.17) is 4.74 Å². The first-order chi connectivity index (χ1) is 10.4. The summed E-state index contributed by atoms with van der Waals surface area (Å²) in [4.78, 5) is 24.1. The fourth-order valence-electron chi connectivity index (χ4n) is 2.36. The Bertz CT molecular complexity index is 619. The highest BCUT2D eigenvalue weighted by Crippen LogP contribution is 2.29. The Labute approximate surface area is 127 Å². The molecule has 1 aliphatic rings. The number of rotatable bonds is 0. The van der Waals surface area contributed by atoms with Gasteiger partial charge in [0, 0.05) is 6.07 Å². The van der Waals surface area contributed by atoms with Crippen LogP contribution in [-0.2, 0) is 16.0 Å². The molecule has 0 fully saturated rings. The molecule has 2 atom stereocenters. The van der Waals surface area contributed by atoms with Crippen LogP contribution in [-0.4, -0.2) is 39.3 Å². The van der Waals surface area contributed by atoms with Crippen molar-refractivity contribution in [3.63, 3.8) is 0 Å². The lowest BCUT2D eigenvalue weighted by Gasteiger charge is -2.16. The van der Waals surface area contributed by atoms with Gasteiger partial charge < -0.3 is 20.1 Å². The molecular formula is C16H18O6. The Morgan fingerprint density at radius 3 is 2.64 bits per heavy atom. The van der Waals surface area contributed by atoms with E-state index in [1.54, 1.807) is 6.92 Å². The van der Waals surface area contributed by atoms with E-state index in [-0.39, 0.29) is 29.4 Å². The zero-order chi connectivity index (χ0) is 16.3. The van der Waals surface area contributed by atoms with E-state index in [1.165, 1.54) is 12.1 Å². The second kappa shape index (κ2) is 6.62. The second-order valence-corrected chi connectivity index (χ2v) is 5.34. The van der Waals surface area contributed by atoms with Crippen LogP contribution >= 0.6 is 0 Å². The first-order valence-electron chi connectivity index (χ1n) is 7.01. The van der Waals surface area contributed by atoms with Crippen molar-refractivity contribution in [3.8, 4) is 11.5 Å². The molecule has 0 saturated carbocycles. The van der Waals surface area contributed by atoms with Crippen molar-refractivity contribution in [1.29, 1.82) is 0 Å². The number of aliphatic hydroxyl groups excluding tert-OH is 1. The van der Waals surface area contributed by atoms with Gasteiger partial charge in [0.15, 0.2) is 5.78 Å². The van der Waals surface area contributed by atoms with Crippen LogP contribution in [0.15, 0.2) is 24.3 Å². The van der Waals surface area contributed by atoms with E-state index in [0.29, 0.717) is 12.8 Å². The second-order valence-electron chi connectivity index (χ2n) is 5.34. The lowest BCUT2D eigenvalue weighted by atomic mass is 9.98. The van der Waals surface area contributed by atoms with Crippen LogP contribution < -0.4 is 0 Å². The van der Waals surface area contributed by atoms with Crippen molar-refractivity contribution >= 4 is 11.8 Å². The highest BCUT2D eigenvalue weighted by Gasteiger charge is 2.21. The summed E-state index contributed by atoms with van der Waals surface area (Å²) >= 11 is 0. The largest absolute Gasteiger partial charge is 0.508 e. The summed E-state index contributed by atoms with van der Waals surface area (Å²) in [6, 6.07) is 2.27. The molecule has 0 bridgehead atoms. The van der Waals surface area contributed by atoms with Crippen molar-refractivity contribution in [3.05, 3.63) is 35.4 Å². The van der Waals surface area contributed by atoms with Crippen molar-refractivity contribution in [2.75, 3.05) is 0 Å². The van der Waals surface area contributed by atoms with Crippen LogP contribution in [0.1, 0.15) is 35.7 Å². The highest BCUT2D eigenvalue weighted by molar-refractivity contribution is 6.08. The van der Waals surface area contributed by atoms with Gasteiger partial charge in [0.1, 0.15) is 11.5 Å². The first kappa shape index (κ1) is 16.0. The number of ketones is 1. The number of aliphatic hydroxyl groups is 1. The maximum Gasteiger partial charge on any atom is 0.310 e. The minimum absolute atomic E-state index is 0.0774. The van der Waals surface area contributed by atoms with Gasteiger partial charge in [-0.15, -0.1) is 0 Å². The van der Waals surface area contributed by atoms with Crippen LogP contribution in [0, 0.1) is 0 Å². The van der Waals surface area contributed by atoms with Gasteiger partial charge >= 0.3 is 5.97 Å². The summed E-state index contributed by atoms with van der Waals surface area (Å²) in [7, 11) is 0. The fourth-order valence-corrected chi connectivity index (χ4v) is 2.36. The lowest BCUT2D eigenvalue weighted by molar-refractivity contribution is -0.147. The van der Waals surface area contributed by atoms with Crippen molar-refractivity contribution in [2.45, 2.75) is 38.4 Å². The van der Waals surface area contributed by atoms with E-state index in [1.807, 2.05) is 0 Å². The molecule has 0 aliphatic carbocycles.